The van der Waals surface area contributed by atoms with E-state index in [4.69, 9.17) is 0 Å². The van der Waals surface area contributed by atoms with E-state index in [1.165, 1.54) is 0 Å². The fourth-order valence-electron chi connectivity index (χ4n) is 2.56. The lowest BCUT2D eigenvalue weighted by Gasteiger charge is -2.22. The Balaban J connectivity index is 2.22. The number of halogens is 1. The molecule has 5 heteroatoms. The SMILES string of the molecule is C=CCCCN(C)c1cc2c(cc1Br)C(NCC)C(=O)N2. The van der Waals surface area contributed by atoms with E-state index in [0.29, 0.717) is 0 Å². The largest absolute Gasteiger partial charge is 0.374 e. The third-order valence-corrected chi connectivity index (χ3v) is 4.31. The van der Waals surface area contributed by atoms with Crippen molar-refractivity contribution in [2.24, 2.45) is 0 Å². The molecule has 0 radical (unpaired) electrons. The summed E-state index contributed by atoms with van der Waals surface area (Å²) in [7, 11) is 2.06. The van der Waals surface area contributed by atoms with Gasteiger partial charge in [0, 0.05) is 29.3 Å². The first-order valence-electron chi connectivity index (χ1n) is 7.28. The molecule has 2 N–H and O–H groups in total. The van der Waals surface area contributed by atoms with Crippen LogP contribution in [0.1, 0.15) is 31.4 Å². The van der Waals surface area contributed by atoms with Crippen molar-refractivity contribution >= 4 is 33.2 Å². The number of nitrogens with zero attached hydrogens (tertiary/aromatic N) is 1. The van der Waals surface area contributed by atoms with Gasteiger partial charge in [-0.3, -0.25) is 4.79 Å². The molecule has 0 saturated carbocycles. The molecular formula is C16H22BrN3O. The van der Waals surface area contributed by atoms with Crippen molar-refractivity contribution in [1.29, 1.82) is 0 Å². The number of benzene rings is 1. The van der Waals surface area contributed by atoms with Gasteiger partial charge in [0.15, 0.2) is 0 Å². The maximum Gasteiger partial charge on any atom is 0.246 e. The van der Waals surface area contributed by atoms with Crippen LogP contribution in [0.3, 0.4) is 0 Å². The molecule has 0 aliphatic carbocycles. The predicted molar refractivity (Wildman–Crippen MR) is 91.9 cm³/mol. The van der Waals surface area contributed by atoms with Crippen LogP contribution in [0.5, 0.6) is 0 Å². The Labute approximate surface area is 134 Å². The number of anilines is 2. The number of rotatable bonds is 7. The topological polar surface area (TPSA) is 44.4 Å². The Hall–Kier alpha value is -1.33. The number of carbonyl (C=O) groups is 1. The van der Waals surface area contributed by atoms with Crippen LogP contribution in [0.15, 0.2) is 29.3 Å². The lowest BCUT2D eigenvalue weighted by Crippen LogP contribution is -2.27. The van der Waals surface area contributed by atoms with E-state index in [-0.39, 0.29) is 11.9 Å². The number of amides is 1. The molecule has 1 aromatic carbocycles. The van der Waals surface area contributed by atoms with Crippen molar-refractivity contribution in [3.8, 4) is 0 Å². The average Bonchev–Trinajstić information content (AvgIpc) is 2.74. The summed E-state index contributed by atoms with van der Waals surface area (Å²) in [6.07, 6.45) is 4.01. The van der Waals surface area contributed by atoms with Gasteiger partial charge in [-0.2, -0.15) is 0 Å². The van der Waals surface area contributed by atoms with E-state index in [1.807, 2.05) is 25.1 Å². The number of fused-ring (bicyclic) bond motifs is 1. The second kappa shape index (κ2) is 7.09. The Morgan fingerprint density at radius 1 is 1.52 bits per heavy atom. The van der Waals surface area contributed by atoms with E-state index in [9.17, 15) is 4.79 Å². The summed E-state index contributed by atoms with van der Waals surface area (Å²) in [5.74, 6) is 0.0187. The first-order valence-corrected chi connectivity index (χ1v) is 8.07. The molecule has 0 fully saturated rings. The number of hydrogen-bond donors (Lipinski definition) is 2. The molecule has 1 unspecified atom stereocenters. The Bertz CT molecular complexity index is 545. The van der Waals surface area contributed by atoms with Gasteiger partial charge in [0.2, 0.25) is 5.91 Å². The smallest absolute Gasteiger partial charge is 0.246 e. The molecule has 0 spiro atoms. The van der Waals surface area contributed by atoms with Crippen LogP contribution < -0.4 is 15.5 Å². The number of unbranched alkanes of at least 4 members (excludes halogenated alkanes) is 1. The molecule has 1 aliphatic heterocycles. The average molecular weight is 352 g/mol. The summed E-state index contributed by atoms with van der Waals surface area (Å²) in [4.78, 5) is 14.2. The molecule has 1 aromatic rings. The molecule has 1 aliphatic rings. The zero-order valence-electron chi connectivity index (χ0n) is 12.6. The molecule has 1 atom stereocenters. The molecule has 0 saturated heterocycles. The van der Waals surface area contributed by atoms with Gasteiger partial charge in [0.25, 0.3) is 0 Å². The summed E-state index contributed by atoms with van der Waals surface area (Å²) in [5, 5.41) is 6.17. The highest BCUT2D eigenvalue weighted by Gasteiger charge is 2.30. The number of hydrogen-bond acceptors (Lipinski definition) is 3. The summed E-state index contributed by atoms with van der Waals surface area (Å²) < 4.78 is 1.02. The van der Waals surface area contributed by atoms with Crippen LogP contribution in [0.25, 0.3) is 0 Å². The summed E-state index contributed by atoms with van der Waals surface area (Å²) in [6, 6.07) is 3.84. The van der Waals surface area contributed by atoms with Crippen LogP contribution in [0.4, 0.5) is 11.4 Å². The zero-order chi connectivity index (χ0) is 15.4. The van der Waals surface area contributed by atoms with Gasteiger partial charge in [0.1, 0.15) is 6.04 Å². The third-order valence-electron chi connectivity index (χ3n) is 3.67. The number of allylic oxidation sites excluding steroid dienone is 1. The lowest BCUT2D eigenvalue weighted by molar-refractivity contribution is -0.117. The molecule has 1 heterocycles. The normalized spacial score (nSPS) is 16.5. The zero-order valence-corrected chi connectivity index (χ0v) is 14.2. The van der Waals surface area contributed by atoms with Gasteiger partial charge in [0.05, 0.1) is 5.69 Å². The van der Waals surface area contributed by atoms with Gasteiger partial charge in [-0.1, -0.05) is 13.0 Å². The number of carbonyl (C=O) groups excluding carboxylic acids is 1. The van der Waals surface area contributed by atoms with Crippen molar-refractivity contribution in [1.82, 2.24) is 5.32 Å². The van der Waals surface area contributed by atoms with Crippen molar-refractivity contribution in [2.45, 2.75) is 25.8 Å². The molecule has 0 aromatic heterocycles. The van der Waals surface area contributed by atoms with Crippen molar-refractivity contribution in [2.75, 3.05) is 30.4 Å². The van der Waals surface area contributed by atoms with E-state index < -0.39 is 0 Å². The predicted octanol–water partition coefficient (Wildman–Crippen LogP) is 3.45. The minimum Gasteiger partial charge on any atom is -0.374 e. The van der Waals surface area contributed by atoms with Crippen molar-refractivity contribution in [3.63, 3.8) is 0 Å². The molecule has 2 rings (SSSR count). The highest BCUT2D eigenvalue weighted by molar-refractivity contribution is 9.10. The fraction of sp³-hybridized carbons (Fsp3) is 0.438. The molecular weight excluding hydrogens is 330 g/mol. The lowest BCUT2D eigenvalue weighted by atomic mass is 10.1. The summed E-state index contributed by atoms with van der Waals surface area (Å²) in [6.45, 7) is 7.46. The first-order chi connectivity index (χ1) is 10.1. The molecule has 21 heavy (non-hydrogen) atoms. The molecule has 0 bridgehead atoms. The third kappa shape index (κ3) is 3.47. The van der Waals surface area contributed by atoms with Crippen LogP contribution >= 0.6 is 15.9 Å². The standard InChI is InChI=1S/C16H22BrN3O/c1-4-6-7-8-20(3)14-10-13-11(9-12(14)17)15(18-5-2)16(21)19-13/h4,9-10,15,18H,1,5-8H2,2-3H3,(H,19,21). The maximum absolute atomic E-state index is 12.0. The van der Waals surface area contributed by atoms with Gasteiger partial charge < -0.3 is 15.5 Å². The van der Waals surface area contributed by atoms with E-state index in [1.54, 1.807) is 0 Å². The highest BCUT2D eigenvalue weighted by atomic mass is 79.9. The summed E-state index contributed by atoms with van der Waals surface area (Å²) in [5.41, 5.74) is 3.01. The number of nitrogens with one attached hydrogen (secondary N) is 2. The van der Waals surface area contributed by atoms with Gasteiger partial charge >= 0.3 is 0 Å². The van der Waals surface area contributed by atoms with Crippen LogP contribution in [-0.4, -0.2) is 26.0 Å². The van der Waals surface area contributed by atoms with Crippen LogP contribution in [-0.2, 0) is 4.79 Å². The Kier molecular flexibility index (Phi) is 5.42. The van der Waals surface area contributed by atoms with E-state index in [0.717, 1.165) is 47.3 Å². The van der Waals surface area contributed by atoms with Crippen LogP contribution in [0, 0.1) is 0 Å². The van der Waals surface area contributed by atoms with Gasteiger partial charge in [-0.05, 0) is 47.4 Å². The Morgan fingerprint density at radius 3 is 2.95 bits per heavy atom. The van der Waals surface area contributed by atoms with Gasteiger partial charge in [-0.25, -0.2) is 0 Å². The highest BCUT2D eigenvalue weighted by Crippen LogP contribution is 2.38. The molecule has 1 amide bonds. The minimum absolute atomic E-state index is 0.0187. The maximum atomic E-state index is 12.0. The summed E-state index contributed by atoms with van der Waals surface area (Å²) >= 11 is 3.63. The Morgan fingerprint density at radius 2 is 2.29 bits per heavy atom. The fourth-order valence-corrected chi connectivity index (χ4v) is 3.23. The quantitative estimate of drug-likeness (QED) is 0.584. The first kappa shape index (κ1) is 16.0. The second-order valence-corrected chi connectivity index (χ2v) is 6.08. The molecule has 114 valence electrons. The minimum atomic E-state index is -0.249. The second-order valence-electron chi connectivity index (χ2n) is 5.22. The van der Waals surface area contributed by atoms with E-state index in [2.05, 4.69) is 45.1 Å². The number of likely N-dealkylation sites (N-methyl/N-ethyl adjacent to an activating group) is 1. The van der Waals surface area contributed by atoms with Crippen molar-refractivity contribution < 1.29 is 4.79 Å². The monoisotopic (exact) mass is 351 g/mol. The van der Waals surface area contributed by atoms with Crippen molar-refractivity contribution in [3.05, 3.63) is 34.8 Å². The van der Waals surface area contributed by atoms with Crippen LogP contribution in [0.2, 0.25) is 0 Å². The molecule has 4 nitrogen and oxygen atoms in total. The van der Waals surface area contributed by atoms with E-state index >= 15 is 0 Å². The van der Waals surface area contributed by atoms with Gasteiger partial charge in [-0.15, -0.1) is 6.58 Å².